The SMILES string of the molecule is NCCNCC(=Cc1ccccc1O)N=Cc1ccccc1O. The fourth-order valence-electron chi connectivity index (χ4n) is 1.99. The quantitative estimate of drug-likeness (QED) is 0.465. The third-order valence-electron chi connectivity index (χ3n) is 3.19. The van der Waals surface area contributed by atoms with Gasteiger partial charge in [-0.1, -0.05) is 30.3 Å². The zero-order valence-corrected chi connectivity index (χ0v) is 12.8. The highest BCUT2D eigenvalue weighted by molar-refractivity contribution is 5.84. The molecule has 2 rings (SSSR count). The molecule has 0 aliphatic heterocycles. The first-order valence-electron chi connectivity index (χ1n) is 7.42. The van der Waals surface area contributed by atoms with Gasteiger partial charge in [-0.15, -0.1) is 0 Å². The normalized spacial score (nSPS) is 12.0. The van der Waals surface area contributed by atoms with Gasteiger partial charge in [0, 0.05) is 37.0 Å². The average molecular weight is 311 g/mol. The Morgan fingerprint density at radius 1 is 1.00 bits per heavy atom. The minimum Gasteiger partial charge on any atom is -0.507 e. The van der Waals surface area contributed by atoms with Gasteiger partial charge in [-0.25, -0.2) is 0 Å². The first-order chi connectivity index (χ1) is 11.2. The fraction of sp³-hybridized carbons (Fsp3) is 0.167. The van der Waals surface area contributed by atoms with Crippen molar-refractivity contribution in [3.63, 3.8) is 0 Å². The summed E-state index contributed by atoms with van der Waals surface area (Å²) < 4.78 is 0. The number of hydrogen-bond donors (Lipinski definition) is 4. The molecule has 0 saturated heterocycles. The molecule has 2 aromatic carbocycles. The standard InChI is InChI=1S/C18H21N3O2/c19-9-10-20-13-16(11-14-5-1-3-7-17(14)22)21-12-15-6-2-4-8-18(15)23/h1-8,11-12,20,22-23H,9-10,13,19H2. The average Bonchev–Trinajstić information content (AvgIpc) is 2.56. The van der Waals surface area contributed by atoms with Gasteiger partial charge in [0.2, 0.25) is 0 Å². The van der Waals surface area contributed by atoms with E-state index in [9.17, 15) is 10.2 Å². The summed E-state index contributed by atoms with van der Waals surface area (Å²) >= 11 is 0. The zero-order valence-electron chi connectivity index (χ0n) is 12.8. The van der Waals surface area contributed by atoms with Gasteiger partial charge in [-0.2, -0.15) is 0 Å². The van der Waals surface area contributed by atoms with Crippen molar-refractivity contribution in [1.82, 2.24) is 5.32 Å². The summed E-state index contributed by atoms with van der Waals surface area (Å²) in [4.78, 5) is 4.42. The van der Waals surface area contributed by atoms with Gasteiger partial charge in [0.15, 0.2) is 0 Å². The molecule has 5 nitrogen and oxygen atoms in total. The van der Waals surface area contributed by atoms with E-state index < -0.39 is 0 Å². The van der Waals surface area contributed by atoms with E-state index in [2.05, 4.69) is 10.3 Å². The van der Waals surface area contributed by atoms with Crippen LogP contribution in [0.4, 0.5) is 0 Å². The van der Waals surface area contributed by atoms with Crippen LogP contribution in [0.15, 0.2) is 59.2 Å². The molecule has 0 aliphatic rings. The first-order valence-corrected chi connectivity index (χ1v) is 7.42. The molecule has 5 N–H and O–H groups in total. The molecule has 0 spiro atoms. The van der Waals surface area contributed by atoms with Gasteiger partial charge >= 0.3 is 0 Å². The van der Waals surface area contributed by atoms with Crippen molar-refractivity contribution in [1.29, 1.82) is 0 Å². The van der Waals surface area contributed by atoms with E-state index in [1.165, 1.54) is 0 Å². The summed E-state index contributed by atoms with van der Waals surface area (Å²) in [5, 5.41) is 22.8. The number of aromatic hydroxyl groups is 2. The fourth-order valence-corrected chi connectivity index (χ4v) is 1.99. The lowest BCUT2D eigenvalue weighted by Gasteiger charge is -2.06. The summed E-state index contributed by atoms with van der Waals surface area (Å²) in [6, 6.07) is 14.0. The second-order valence-corrected chi connectivity index (χ2v) is 4.98. The Labute approximate surface area is 135 Å². The van der Waals surface area contributed by atoms with E-state index in [4.69, 9.17) is 5.73 Å². The molecule has 0 atom stereocenters. The molecule has 0 unspecified atom stereocenters. The Hall–Kier alpha value is -2.63. The Kier molecular flexibility index (Phi) is 6.35. The van der Waals surface area contributed by atoms with Crippen LogP contribution >= 0.6 is 0 Å². The van der Waals surface area contributed by atoms with Gasteiger partial charge in [0.05, 0.1) is 5.70 Å². The van der Waals surface area contributed by atoms with Crippen LogP contribution < -0.4 is 11.1 Å². The van der Waals surface area contributed by atoms with Crippen LogP contribution in [-0.2, 0) is 0 Å². The number of nitrogens with one attached hydrogen (secondary N) is 1. The van der Waals surface area contributed by atoms with E-state index in [0.717, 1.165) is 5.70 Å². The molecular formula is C18H21N3O2. The van der Waals surface area contributed by atoms with E-state index in [-0.39, 0.29) is 11.5 Å². The maximum absolute atomic E-state index is 9.88. The van der Waals surface area contributed by atoms with Crippen LogP contribution in [0.25, 0.3) is 6.08 Å². The van der Waals surface area contributed by atoms with Gasteiger partial charge in [-0.05, 0) is 24.3 Å². The molecule has 0 aromatic heterocycles. The Morgan fingerprint density at radius 2 is 1.61 bits per heavy atom. The van der Waals surface area contributed by atoms with E-state index in [1.807, 2.05) is 18.2 Å². The van der Waals surface area contributed by atoms with Crippen molar-refractivity contribution in [2.75, 3.05) is 19.6 Å². The molecule has 0 fully saturated rings. The van der Waals surface area contributed by atoms with Crippen molar-refractivity contribution >= 4 is 12.3 Å². The highest BCUT2D eigenvalue weighted by Gasteiger charge is 2.01. The van der Waals surface area contributed by atoms with Crippen LogP contribution in [0.3, 0.4) is 0 Å². The Balaban J connectivity index is 2.24. The zero-order chi connectivity index (χ0) is 16.5. The molecule has 2 aromatic rings. The predicted octanol–water partition coefficient (Wildman–Crippen LogP) is 2.11. The topological polar surface area (TPSA) is 90.9 Å². The van der Waals surface area contributed by atoms with Crippen LogP contribution in [0, 0.1) is 0 Å². The van der Waals surface area contributed by atoms with Crippen molar-refractivity contribution in [3.05, 3.63) is 65.4 Å². The van der Waals surface area contributed by atoms with Crippen LogP contribution in [-0.4, -0.2) is 36.1 Å². The second-order valence-electron chi connectivity index (χ2n) is 4.98. The summed E-state index contributed by atoms with van der Waals surface area (Å²) in [5.41, 5.74) is 7.53. The highest BCUT2D eigenvalue weighted by atomic mass is 16.3. The number of hydrogen-bond acceptors (Lipinski definition) is 5. The monoisotopic (exact) mass is 311 g/mol. The lowest BCUT2D eigenvalue weighted by Crippen LogP contribution is -2.24. The maximum Gasteiger partial charge on any atom is 0.124 e. The van der Waals surface area contributed by atoms with E-state index in [0.29, 0.717) is 30.8 Å². The van der Waals surface area contributed by atoms with Crippen LogP contribution in [0.2, 0.25) is 0 Å². The molecule has 0 aliphatic carbocycles. The summed E-state index contributed by atoms with van der Waals surface area (Å²) in [6.45, 7) is 1.72. The smallest absolute Gasteiger partial charge is 0.124 e. The Morgan fingerprint density at radius 3 is 2.22 bits per heavy atom. The molecule has 5 heteroatoms. The Bertz CT molecular complexity index is 696. The number of aliphatic imine (C=N–C) groups is 1. The molecule has 0 heterocycles. The van der Waals surface area contributed by atoms with Gasteiger partial charge in [-0.3, -0.25) is 4.99 Å². The summed E-state index contributed by atoms with van der Waals surface area (Å²) in [5.74, 6) is 0.370. The number of phenolic OH excluding ortho intramolecular Hbond substituents is 2. The van der Waals surface area contributed by atoms with Gasteiger partial charge in [0.1, 0.15) is 11.5 Å². The number of rotatable bonds is 7. The largest absolute Gasteiger partial charge is 0.507 e. The lowest BCUT2D eigenvalue weighted by atomic mass is 10.1. The molecule has 120 valence electrons. The molecular weight excluding hydrogens is 290 g/mol. The highest BCUT2D eigenvalue weighted by Crippen LogP contribution is 2.19. The number of para-hydroxylation sites is 2. The second kappa shape index (κ2) is 8.73. The number of nitrogens with zero attached hydrogens (tertiary/aromatic N) is 1. The first kappa shape index (κ1) is 16.7. The number of benzene rings is 2. The third-order valence-corrected chi connectivity index (χ3v) is 3.19. The van der Waals surface area contributed by atoms with E-state index >= 15 is 0 Å². The van der Waals surface area contributed by atoms with Crippen molar-refractivity contribution < 1.29 is 10.2 Å². The third kappa shape index (κ3) is 5.25. The maximum atomic E-state index is 9.88. The predicted molar refractivity (Wildman–Crippen MR) is 93.7 cm³/mol. The minimum absolute atomic E-state index is 0.174. The molecule has 0 radical (unpaired) electrons. The van der Waals surface area contributed by atoms with Crippen LogP contribution in [0.1, 0.15) is 11.1 Å². The van der Waals surface area contributed by atoms with Gasteiger partial charge < -0.3 is 21.3 Å². The minimum atomic E-state index is 0.174. The molecule has 0 amide bonds. The summed E-state index contributed by atoms with van der Waals surface area (Å²) in [6.07, 6.45) is 3.40. The lowest BCUT2D eigenvalue weighted by molar-refractivity contribution is 0.473. The number of phenols is 2. The van der Waals surface area contributed by atoms with Gasteiger partial charge in [0.25, 0.3) is 0 Å². The van der Waals surface area contributed by atoms with Crippen molar-refractivity contribution in [2.45, 2.75) is 0 Å². The molecule has 23 heavy (non-hydrogen) atoms. The van der Waals surface area contributed by atoms with Crippen LogP contribution in [0.5, 0.6) is 11.5 Å². The number of nitrogens with two attached hydrogens (primary N) is 1. The van der Waals surface area contributed by atoms with Crippen molar-refractivity contribution in [3.8, 4) is 11.5 Å². The molecule has 0 bridgehead atoms. The van der Waals surface area contributed by atoms with E-state index in [1.54, 1.807) is 42.6 Å². The van der Waals surface area contributed by atoms with Crippen molar-refractivity contribution in [2.24, 2.45) is 10.7 Å². The summed E-state index contributed by atoms with van der Waals surface area (Å²) in [7, 11) is 0. The molecule has 0 saturated carbocycles.